The molecule has 0 aliphatic carbocycles. The van der Waals surface area contributed by atoms with Crippen LogP contribution < -0.4 is 0 Å². The van der Waals surface area contributed by atoms with E-state index in [2.05, 4.69) is 20.9 Å². The van der Waals surface area contributed by atoms with E-state index in [-0.39, 0.29) is 16.7 Å². The Labute approximate surface area is 99.8 Å². The molecule has 1 aromatic heterocycles. The van der Waals surface area contributed by atoms with Gasteiger partial charge in [-0.3, -0.25) is 0 Å². The fourth-order valence-corrected chi connectivity index (χ4v) is 3.23. The van der Waals surface area contributed by atoms with Gasteiger partial charge in [0.15, 0.2) is 3.92 Å². The maximum absolute atomic E-state index is 12.2. The molecular weight excluding hydrogens is 311 g/mol. The molecule has 80 valence electrons. The molecule has 0 atom stereocenters. The average molecular weight is 314 g/mol. The van der Waals surface area contributed by atoms with Crippen molar-refractivity contribution >= 4 is 49.2 Å². The van der Waals surface area contributed by atoms with E-state index >= 15 is 0 Å². The van der Waals surface area contributed by atoms with Crippen molar-refractivity contribution in [3.63, 3.8) is 0 Å². The molecule has 7 heteroatoms. The largest absolute Gasteiger partial charge is 0.446 e. The number of fused-ring (bicyclic) bond motifs is 1. The van der Waals surface area contributed by atoms with Gasteiger partial charge >= 0.3 is 5.51 Å². The normalized spacial score (nSPS) is 12.3. The molecule has 0 aliphatic heterocycles. The summed E-state index contributed by atoms with van der Waals surface area (Å²) in [6.45, 7) is 0. The zero-order chi connectivity index (χ0) is 11.1. The zero-order valence-corrected chi connectivity index (χ0v) is 10.2. The highest BCUT2D eigenvalue weighted by atomic mass is 79.9. The minimum absolute atomic E-state index is 0.133. The number of thiazole rings is 1. The first kappa shape index (κ1) is 11.2. The monoisotopic (exact) mass is 313 g/mol. The Morgan fingerprint density at radius 3 is 2.73 bits per heavy atom. The van der Waals surface area contributed by atoms with Crippen LogP contribution in [-0.4, -0.2) is 10.5 Å². The predicted molar refractivity (Wildman–Crippen MR) is 59.2 cm³/mol. The SMILES string of the molecule is FC(F)(F)Sc1cccc2sc(Br)nc12. The van der Waals surface area contributed by atoms with Crippen molar-refractivity contribution in [3.05, 3.63) is 22.1 Å². The summed E-state index contributed by atoms with van der Waals surface area (Å²) in [7, 11) is 0. The highest BCUT2D eigenvalue weighted by molar-refractivity contribution is 9.11. The van der Waals surface area contributed by atoms with Crippen molar-refractivity contribution in [3.8, 4) is 0 Å². The second-order valence-corrected chi connectivity index (χ2v) is 6.03. The number of hydrogen-bond acceptors (Lipinski definition) is 3. The van der Waals surface area contributed by atoms with Crippen LogP contribution in [0.3, 0.4) is 0 Å². The van der Waals surface area contributed by atoms with Gasteiger partial charge in [0.2, 0.25) is 0 Å². The van der Waals surface area contributed by atoms with Gasteiger partial charge in [-0.15, -0.1) is 11.3 Å². The second-order valence-electron chi connectivity index (χ2n) is 2.62. The Bertz CT molecular complexity index is 494. The van der Waals surface area contributed by atoms with Crippen LogP contribution in [0.25, 0.3) is 10.2 Å². The van der Waals surface area contributed by atoms with Crippen molar-refractivity contribution in [2.24, 2.45) is 0 Å². The van der Waals surface area contributed by atoms with Crippen LogP contribution >= 0.6 is 39.0 Å². The molecule has 0 saturated carbocycles. The Morgan fingerprint density at radius 2 is 2.07 bits per heavy atom. The molecule has 0 radical (unpaired) electrons. The Kier molecular flexibility index (Phi) is 2.96. The summed E-state index contributed by atoms with van der Waals surface area (Å²) in [6, 6.07) is 4.77. The number of para-hydroxylation sites is 1. The molecule has 0 bridgehead atoms. The van der Waals surface area contributed by atoms with Crippen LogP contribution in [0.2, 0.25) is 0 Å². The third-order valence-electron chi connectivity index (χ3n) is 1.58. The molecule has 1 heterocycles. The fraction of sp³-hybridized carbons (Fsp3) is 0.125. The van der Waals surface area contributed by atoms with Crippen molar-refractivity contribution in [2.45, 2.75) is 10.4 Å². The molecule has 0 spiro atoms. The van der Waals surface area contributed by atoms with Crippen molar-refractivity contribution in [2.75, 3.05) is 0 Å². The molecule has 1 nitrogen and oxygen atoms in total. The van der Waals surface area contributed by atoms with Gasteiger partial charge in [0, 0.05) is 4.90 Å². The number of thioether (sulfide) groups is 1. The van der Waals surface area contributed by atoms with E-state index in [0.717, 1.165) is 4.70 Å². The number of halogens is 4. The lowest BCUT2D eigenvalue weighted by Crippen LogP contribution is -1.99. The number of rotatable bonds is 1. The first-order valence-corrected chi connectivity index (χ1v) is 6.19. The average Bonchev–Trinajstić information content (AvgIpc) is 2.43. The third kappa shape index (κ3) is 2.64. The predicted octanol–water partition coefficient (Wildman–Crippen LogP) is 4.67. The topological polar surface area (TPSA) is 12.9 Å². The highest BCUT2D eigenvalue weighted by Gasteiger charge is 2.30. The van der Waals surface area contributed by atoms with Gasteiger partial charge in [-0.2, -0.15) is 13.2 Å². The molecule has 1 aromatic carbocycles. The van der Waals surface area contributed by atoms with E-state index in [1.165, 1.54) is 17.4 Å². The van der Waals surface area contributed by atoms with Gasteiger partial charge in [-0.25, -0.2) is 4.98 Å². The molecule has 0 N–H and O–H groups in total. The molecule has 2 aromatic rings. The van der Waals surface area contributed by atoms with Crippen LogP contribution in [0, 0.1) is 0 Å². The molecule has 0 unspecified atom stereocenters. The van der Waals surface area contributed by atoms with E-state index in [4.69, 9.17) is 0 Å². The van der Waals surface area contributed by atoms with Crippen LogP contribution in [0.5, 0.6) is 0 Å². The summed E-state index contributed by atoms with van der Waals surface area (Å²) in [5, 5.41) is 0. The van der Waals surface area contributed by atoms with Gasteiger partial charge in [0.25, 0.3) is 0 Å². The van der Waals surface area contributed by atoms with Gasteiger partial charge in [0.05, 0.1) is 10.2 Å². The second kappa shape index (κ2) is 3.95. The smallest absolute Gasteiger partial charge is 0.228 e. The fourth-order valence-electron chi connectivity index (χ4n) is 1.10. The summed E-state index contributed by atoms with van der Waals surface area (Å²) < 4.78 is 37.9. The van der Waals surface area contributed by atoms with Crippen molar-refractivity contribution < 1.29 is 13.2 Å². The number of aromatic nitrogens is 1. The molecular formula is C8H3BrF3NS2. The van der Waals surface area contributed by atoms with Crippen molar-refractivity contribution in [1.29, 1.82) is 0 Å². The number of alkyl halides is 3. The van der Waals surface area contributed by atoms with E-state index in [9.17, 15) is 13.2 Å². The van der Waals surface area contributed by atoms with E-state index < -0.39 is 5.51 Å². The summed E-state index contributed by atoms with van der Waals surface area (Å²) in [6.07, 6.45) is 0. The summed E-state index contributed by atoms with van der Waals surface area (Å²) in [5.74, 6) is 0. The first-order valence-electron chi connectivity index (χ1n) is 3.76. The number of nitrogens with zero attached hydrogens (tertiary/aromatic N) is 1. The maximum Gasteiger partial charge on any atom is 0.446 e. The minimum atomic E-state index is -4.27. The first-order chi connectivity index (χ1) is 6.96. The van der Waals surface area contributed by atoms with Gasteiger partial charge in [-0.1, -0.05) is 6.07 Å². The molecule has 0 amide bonds. The lowest BCUT2D eigenvalue weighted by molar-refractivity contribution is -0.0327. The zero-order valence-electron chi connectivity index (χ0n) is 7.01. The minimum Gasteiger partial charge on any atom is -0.228 e. The van der Waals surface area contributed by atoms with Gasteiger partial charge < -0.3 is 0 Å². The van der Waals surface area contributed by atoms with Crippen LogP contribution in [0.1, 0.15) is 0 Å². The quantitative estimate of drug-likeness (QED) is 0.709. The van der Waals surface area contributed by atoms with E-state index in [1.807, 2.05) is 0 Å². The molecule has 0 saturated heterocycles. The molecule has 2 rings (SSSR count). The summed E-state index contributed by atoms with van der Waals surface area (Å²) in [4.78, 5) is 4.15. The van der Waals surface area contributed by atoms with Crippen LogP contribution in [0.4, 0.5) is 13.2 Å². The van der Waals surface area contributed by atoms with Crippen LogP contribution in [0.15, 0.2) is 27.0 Å². The summed E-state index contributed by atoms with van der Waals surface area (Å²) in [5.41, 5.74) is -3.87. The highest BCUT2D eigenvalue weighted by Crippen LogP contribution is 2.41. The molecule has 15 heavy (non-hydrogen) atoms. The Hall–Kier alpha value is -0.270. The van der Waals surface area contributed by atoms with E-state index in [0.29, 0.717) is 9.43 Å². The van der Waals surface area contributed by atoms with Crippen LogP contribution in [-0.2, 0) is 0 Å². The number of benzene rings is 1. The Balaban J connectivity index is 2.51. The maximum atomic E-state index is 12.2. The van der Waals surface area contributed by atoms with E-state index in [1.54, 1.807) is 12.1 Å². The third-order valence-corrected chi connectivity index (χ3v) is 3.83. The number of hydrogen-bond donors (Lipinski definition) is 0. The molecule has 0 fully saturated rings. The van der Waals surface area contributed by atoms with Gasteiger partial charge in [-0.05, 0) is 39.8 Å². The van der Waals surface area contributed by atoms with Gasteiger partial charge in [0.1, 0.15) is 0 Å². The summed E-state index contributed by atoms with van der Waals surface area (Å²) >= 11 is 4.34. The Morgan fingerprint density at radius 1 is 1.33 bits per heavy atom. The lowest BCUT2D eigenvalue weighted by Gasteiger charge is -2.05. The lowest BCUT2D eigenvalue weighted by atomic mass is 10.3. The standard InChI is InChI=1S/C8H3BrF3NS2/c9-7-13-6-4(14-7)2-1-3-5(6)15-8(10,11)12/h1-3H. The molecule has 0 aliphatic rings. The van der Waals surface area contributed by atoms with Crippen molar-refractivity contribution in [1.82, 2.24) is 4.98 Å².